The molecule has 3 heterocycles. The van der Waals surface area contributed by atoms with Crippen molar-refractivity contribution in [1.82, 2.24) is 15.0 Å². The minimum atomic E-state index is 0.708. The largest absolute Gasteiger partial charge is 0.247 e. The molecule has 57 heavy (non-hydrogen) atoms. The summed E-state index contributed by atoms with van der Waals surface area (Å²) in [6.07, 6.45) is 0. The molecule has 3 nitrogen and oxygen atoms in total. The molecule has 0 saturated carbocycles. The van der Waals surface area contributed by atoms with Gasteiger partial charge in [-0.15, -0.1) is 11.3 Å². The molecule has 0 aliphatic rings. The van der Waals surface area contributed by atoms with Gasteiger partial charge in [-0.05, 0) is 46.5 Å². The maximum atomic E-state index is 5.34. The molecule has 11 aromatic rings. The summed E-state index contributed by atoms with van der Waals surface area (Å²) in [6.45, 7) is 0. The highest BCUT2D eigenvalue weighted by Gasteiger charge is 2.20. The number of hydrogen-bond acceptors (Lipinski definition) is 4. The highest BCUT2D eigenvalue weighted by Crippen LogP contribution is 2.46. The van der Waals surface area contributed by atoms with Crippen LogP contribution in [-0.4, -0.2) is 15.0 Å². The molecule has 0 aliphatic heterocycles. The fourth-order valence-electron chi connectivity index (χ4n) is 8.11. The molecule has 11 rings (SSSR count). The van der Waals surface area contributed by atoms with E-state index >= 15 is 0 Å². The van der Waals surface area contributed by atoms with Gasteiger partial charge in [-0.25, -0.2) is 15.0 Å². The van der Waals surface area contributed by atoms with Crippen LogP contribution >= 0.6 is 11.3 Å². The van der Waals surface area contributed by atoms with Crippen LogP contribution in [0.4, 0.5) is 0 Å². The summed E-state index contributed by atoms with van der Waals surface area (Å²) in [4.78, 5) is 15.9. The van der Waals surface area contributed by atoms with Gasteiger partial charge in [0.15, 0.2) is 5.82 Å². The van der Waals surface area contributed by atoms with Crippen molar-refractivity contribution >= 4 is 53.2 Å². The van der Waals surface area contributed by atoms with Crippen molar-refractivity contribution in [3.8, 4) is 67.4 Å². The molecular formula is C53H33N3S. The van der Waals surface area contributed by atoms with Crippen molar-refractivity contribution in [2.24, 2.45) is 0 Å². The number of pyridine rings is 1. The highest BCUT2D eigenvalue weighted by molar-refractivity contribution is 7.26. The number of hydrogen-bond donors (Lipinski definition) is 0. The third-order valence-corrected chi connectivity index (χ3v) is 12.1. The van der Waals surface area contributed by atoms with E-state index in [1.54, 1.807) is 0 Å². The summed E-state index contributed by atoms with van der Waals surface area (Å²) in [5.74, 6) is 0.708. The summed E-state index contributed by atoms with van der Waals surface area (Å²) in [7, 11) is 0. The van der Waals surface area contributed by atoms with Crippen LogP contribution in [0.5, 0.6) is 0 Å². The Morgan fingerprint density at radius 2 is 0.842 bits per heavy atom. The molecule has 0 unspecified atom stereocenters. The second-order valence-corrected chi connectivity index (χ2v) is 15.4. The Balaban J connectivity index is 1.12. The molecule has 0 atom stereocenters. The van der Waals surface area contributed by atoms with Gasteiger partial charge in [-0.3, -0.25) is 0 Å². The Labute approximate surface area is 334 Å². The van der Waals surface area contributed by atoms with Crippen LogP contribution in [0.2, 0.25) is 0 Å². The average molecular weight is 744 g/mol. The molecule has 0 bridgehead atoms. The fourth-order valence-corrected chi connectivity index (χ4v) is 9.33. The van der Waals surface area contributed by atoms with Gasteiger partial charge in [0.25, 0.3) is 0 Å². The van der Waals surface area contributed by atoms with E-state index in [9.17, 15) is 0 Å². The van der Waals surface area contributed by atoms with E-state index in [0.717, 1.165) is 55.6 Å². The summed E-state index contributed by atoms with van der Waals surface area (Å²) < 4.78 is 2.40. The predicted octanol–water partition coefficient (Wildman–Crippen LogP) is 14.5. The number of fused-ring (bicyclic) bond motifs is 7. The lowest BCUT2D eigenvalue weighted by molar-refractivity contribution is 1.19. The van der Waals surface area contributed by atoms with Gasteiger partial charge in [-0.2, -0.15) is 0 Å². The van der Waals surface area contributed by atoms with E-state index in [2.05, 4.69) is 200 Å². The zero-order valence-electron chi connectivity index (χ0n) is 30.8. The standard InChI is InChI=1S/C53H33N3S/c1-4-13-34(14-5-1)36-23-27-38(28-24-36)46-33-47(39-29-25-37(26-30-39)35-15-6-2-7-16-35)56-53(55-46)44-21-12-20-43-50-48(57-52(43)44)32-31-42-49(50)41-19-10-11-22-45(41)54-51(42)40-17-8-3-9-18-40/h1-33H. The minimum absolute atomic E-state index is 0.708. The van der Waals surface area contributed by atoms with Crippen LogP contribution < -0.4 is 0 Å². The van der Waals surface area contributed by atoms with Gasteiger partial charge in [0.2, 0.25) is 0 Å². The fraction of sp³-hybridized carbons (Fsp3) is 0. The van der Waals surface area contributed by atoms with Crippen LogP contribution in [-0.2, 0) is 0 Å². The monoisotopic (exact) mass is 743 g/mol. The van der Waals surface area contributed by atoms with E-state index in [4.69, 9.17) is 15.0 Å². The van der Waals surface area contributed by atoms with E-state index < -0.39 is 0 Å². The summed E-state index contributed by atoms with van der Waals surface area (Å²) in [5.41, 5.74) is 12.7. The zero-order chi connectivity index (χ0) is 37.7. The molecule has 4 heteroatoms. The van der Waals surface area contributed by atoms with E-state index in [1.165, 1.54) is 47.8 Å². The SMILES string of the molecule is c1ccc(-c2ccc(-c3cc(-c4ccc(-c5ccccc5)cc4)nc(-c4cccc5c4sc4ccc6c(-c7ccccc7)nc7ccccc7c6c45)n3)cc2)cc1. The molecule has 0 amide bonds. The highest BCUT2D eigenvalue weighted by atomic mass is 32.1. The smallest absolute Gasteiger partial charge is 0.161 e. The number of benzene rings is 8. The molecule has 8 aromatic carbocycles. The molecule has 0 radical (unpaired) electrons. The van der Waals surface area contributed by atoms with Crippen LogP contribution in [0.1, 0.15) is 0 Å². The van der Waals surface area contributed by atoms with Crippen molar-refractivity contribution in [3.05, 3.63) is 200 Å². The first-order valence-corrected chi connectivity index (χ1v) is 20.0. The number of aromatic nitrogens is 3. The third kappa shape index (κ3) is 5.86. The average Bonchev–Trinajstić information content (AvgIpc) is 3.69. The Morgan fingerprint density at radius 1 is 0.333 bits per heavy atom. The van der Waals surface area contributed by atoms with Crippen molar-refractivity contribution in [2.45, 2.75) is 0 Å². The molecule has 0 fully saturated rings. The van der Waals surface area contributed by atoms with Gasteiger partial charge in [0.1, 0.15) is 0 Å². The molecule has 0 spiro atoms. The van der Waals surface area contributed by atoms with Crippen molar-refractivity contribution in [3.63, 3.8) is 0 Å². The number of nitrogens with zero attached hydrogens (tertiary/aromatic N) is 3. The lowest BCUT2D eigenvalue weighted by Gasteiger charge is -2.12. The predicted molar refractivity (Wildman–Crippen MR) is 240 cm³/mol. The first kappa shape index (κ1) is 33.1. The van der Waals surface area contributed by atoms with E-state index in [1.807, 2.05) is 11.3 Å². The third-order valence-electron chi connectivity index (χ3n) is 10.9. The normalized spacial score (nSPS) is 11.5. The topological polar surface area (TPSA) is 38.7 Å². The second-order valence-electron chi connectivity index (χ2n) is 14.3. The van der Waals surface area contributed by atoms with Gasteiger partial charge >= 0.3 is 0 Å². The van der Waals surface area contributed by atoms with Gasteiger partial charge in [0, 0.05) is 58.6 Å². The Morgan fingerprint density at radius 3 is 1.46 bits per heavy atom. The van der Waals surface area contributed by atoms with E-state index in [0.29, 0.717) is 5.82 Å². The van der Waals surface area contributed by atoms with Crippen LogP contribution in [0.15, 0.2) is 200 Å². The summed E-state index contributed by atoms with van der Waals surface area (Å²) in [5, 5.41) is 5.97. The molecule has 266 valence electrons. The second kappa shape index (κ2) is 13.8. The Kier molecular flexibility index (Phi) is 8.01. The van der Waals surface area contributed by atoms with Crippen molar-refractivity contribution in [1.29, 1.82) is 0 Å². The van der Waals surface area contributed by atoms with E-state index in [-0.39, 0.29) is 0 Å². The maximum absolute atomic E-state index is 5.34. The van der Waals surface area contributed by atoms with Gasteiger partial charge in [0.05, 0.1) is 22.6 Å². The quantitative estimate of drug-likeness (QED) is 0.159. The summed E-state index contributed by atoms with van der Waals surface area (Å²) >= 11 is 1.81. The molecule has 0 saturated heterocycles. The Hall–Kier alpha value is -7.27. The van der Waals surface area contributed by atoms with Crippen LogP contribution in [0.25, 0.3) is 109 Å². The summed E-state index contributed by atoms with van der Waals surface area (Å²) in [6, 6.07) is 70.7. The first-order chi connectivity index (χ1) is 28.2. The molecular weight excluding hydrogens is 711 g/mol. The molecule has 0 N–H and O–H groups in total. The molecule has 3 aromatic heterocycles. The van der Waals surface area contributed by atoms with Crippen LogP contribution in [0, 0.1) is 0 Å². The number of rotatable bonds is 6. The maximum Gasteiger partial charge on any atom is 0.161 e. The van der Waals surface area contributed by atoms with Gasteiger partial charge in [-0.1, -0.05) is 176 Å². The first-order valence-electron chi connectivity index (χ1n) is 19.2. The Bertz CT molecular complexity index is 3150. The molecule has 0 aliphatic carbocycles. The minimum Gasteiger partial charge on any atom is -0.247 e. The number of thiophene rings is 1. The number of para-hydroxylation sites is 1. The lowest BCUT2D eigenvalue weighted by atomic mass is 9.96. The van der Waals surface area contributed by atoms with Crippen molar-refractivity contribution < 1.29 is 0 Å². The van der Waals surface area contributed by atoms with Crippen LogP contribution in [0.3, 0.4) is 0 Å². The lowest BCUT2D eigenvalue weighted by Crippen LogP contribution is -1.96. The van der Waals surface area contributed by atoms with Crippen molar-refractivity contribution in [2.75, 3.05) is 0 Å². The zero-order valence-corrected chi connectivity index (χ0v) is 31.6. The van der Waals surface area contributed by atoms with Gasteiger partial charge < -0.3 is 0 Å².